The molecule has 21 heavy (non-hydrogen) atoms. The van der Waals surface area contributed by atoms with Gasteiger partial charge in [-0.3, -0.25) is 14.5 Å². The van der Waals surface area contributed by atoms with E-state index in [1.54, 1.807) is 0 Å². The van der Waals surface area contributed by atoms with E-state index in [4.69, 9.17) is 0 Å². The number of piperazine rings is 1. The van der Waals surface area contributed by atoms with Crippen LogP contribution in [0.3, 0.4) is 0 Å². The lowest BCUT2D eigenvalue weighted by Gasteiger charge is -2.39. The summed E-state index contributed by atoms with van der Waals surface area (Å²) in [5.41, 5.74) is -0.515. The Morgan fingerprint density at radius 1 is 1.10 bits per heavy atom. The van der Waals surface area contributed by atoms with Crippen LogP contribution in [0.4, 0.5) is 0 Å². The van der Waals surface area contributed by atoms with Gasteiger partial charge in [0.1, 0.15) is 0 Å². The molecule has 0 aromatic rings. The molecule has 2 aliphatic rings. The Labute approximate surface area is 127 Å². The monoisotopic (exact) mass is 296 g/mol. The molecule has 2 aliphatic heterocycles. The van der Waals surface area contributed by atoms with Gasteiger partial charge in [0.05, 0.1) is 5.54 Å². The van der Waals surface area contributed by atoms with E-state index in [2.05, 4.69) is 15.5 Å². The number of amides is 2. The van der Waals surface area contributed by atoms with Crippen LogP contribution >= 0.6 is 0 Å². The van der Waals surface area contributed by atoms with Gasteiger partial charge in [-0.15, -0.1) is 0 Å². The second kappa shape index (κ2) is 7.22. The molecule has 0 atom stereocenters. The third-order valence-corrected chi connectivity index (χ3v) is 4.55. The lowest BCUT2D eigenvalue weighted by Crippen LogP contribution is -2.60. The zero-order valence-corrected chi connectivity index (χ0v) is 13.3. The number of likely N-dealkylation sites (tertiary alicyclic amines) is 1. The fourth-order valence-corrected chi connectivity index (χ4v) is 2.99. The molecular weight excluding hydrogens is 268 g/mol. The minimum absolute atomic E-state index is 0.0126. The third-order valence-electron chi connectivity index (χ3n) is 4.55. The summed E-state index contributed by atoms with van der Waals surface area (Å²) in [6.45, 7) is 9.70. The lowest BCUT2D eigenvalue weighted by atomic mass is 10.0. The summed E-state index contributed by atoms with van der Waals surface area (Å²) < 4.78 is 0. The fourth-order valence-electron chi connectivity index (χ4n) is 2.99. The number of carbonyl (C=O) groups is 2. The van der Waals surface area contributed by atoms with Gasteiger partial charge in [-0.1, -0.05) is 0 Å². The Morgan fingerprint density at radius 3 is 2.33 bits per heavy atom. The molecule has 0 saturated carbocycles. The molecule has 2 rings (SSSR count). The van der Waals surface area contributed by atoms with E-state index < -0.39 is 5.54 Å². The van der Waals surface area contributed by atoms with Crippen LogP contribution in [-0.2, 0) is 9.59 Å². The van der Waals surface area contributed by atoms with Gasteiger partial charge in [0.25, 0.3) is 0 Å². The van der Waals surface area contributed by atoms with Gasteiger partial charge in [-0.05, 0) is 26.7 Å². The maximum Gasteiger partial charge on any atom is 0.239 e. The molecule has 2 amide bonds. The van der Waals surface area contributed by atoms with Gasteiger partial charge in [0, 0.05) is 52.2 Å². The summed E-state index contributed by atoms with van der Waals surface area (Å²) in [6.07, 6.45) is 2.62. The Balaban J connectivity index is 1.73. The van der Waals surface area contributed by atoms with Crippen LogP contribution in [0.1, 0.15) is 33.1 Å². The number of hydrogen-bond acceptors (Lipinski definition) is 4. The van der Waals surface area contributed by atoms with Gasteiger partial charge in [0.2, 0.25) is 11.8 Å². The van der Waals surface area contributed by atoms with E-state index in [1.165, 1.54) is 0 Å². The topological polar surface area (TPSA) is 64.7 Å². The Bertz CT molecular complexity index is 372. The summed E-state index contributed by atoms with van der Waals surface area (Å²) in [4.78, 5) is 28.4. The van der Waals surface area contributed by atoms with Gasteiger partial charge in [-0.25, -0.2) is 0 Å². The molecule has 2 fully saturated rings. The van der Waals surface area contributed by atoms with E-state index in [1.807, 2.05) is 18.7 Å². The molecule has 0 radical (unpaired) electrons. The summed E-state index contributed by atoms with van der Waals surface area (Å²) >= 11 is 0. The van der Waals surface area contributed by atoms with Crippen molar-refractivity contribution in [1.82, 2.24) is 20.4 Å². The summed E-state index contributed by atoms with van der Waals surface area (Å²) in [7, 11) is 0. The first-order chi connectivity index (χ1) is 10.0. The van der Waals surface area contributed by atoms with E-state index in [9.17, 15) is 9.59 Å². The molecule has 0 spiro atoms. The van der Waals surface area contributed by atoms with Crippen LogP contribution < -0.4 is 10.6 Å². The Kier molecular flexibility index (Phi) is 5.58. The van der Waals surface area contributed by atoms with Crippen LogP contribution in [0, 0.1) is 0 Å². The highest BCUT2D eigenvalue weighted by atomic mass is 16.2. The van der Waals surface area contributed by atoms with Crippen LogP contribution in [-0.4, -0.2) is 73.0 Å². The van der Waals surface area contributed by atoms with Crippen molar-refractivity contribution in [2.45, 2.75) is 38.6 Å². The lowest BCUT2D eigenvalue weighted by molar-refractivity contribution is -0.133. The largest absolute Gasteiger partial charge is 0.354 e. The number of nitrogens with zero attached hydrogens (tertiary/aromatic N) is 2. The predicted octanol–water partition coefficient (Wildman–Crippen LogP) is -0.201. The standard InChI is InChI=1S/C15H28N4O2/c1-15(2,19-11-7-16-8-12-19)14(21)17-6-5-13(20)18-9-3-4-10-18/h16H,3-12H2,1-2H3,(H,17,21). The minimum Gasteiger partial charge on any atom is -0.354 e. The third kappa shape index (κ3) is 4.17. The first kappa shape index (κ1) is 16.2. The predicted molar refractivity (Wildman–Crippen MR) is 82.0 cm³/mol. The van der Waals surface area contributed by atoms with Crippen molar-refractivity contribution in [2.24, 2.45) is 0 Å². The van der Waals surface area contributed by atoms with Crippen molar-refractivity contribution in [2.75, 3.05) is 45.8 Å². The van der Waals surface area contributed by atoms with Gasteiger partial charge in [0.15, 0.2) is 0 Å². The second-order valence-corrected chi connectivity index (χ2v) is 6.39. The van der Waals surface area contributed by atoms with Gasteiger partial charge < -0.3 is 15.5 Å². The average molecular weight is 296 g/mol. The van der Waals surface area contributed by atoms with Crippen molar-refractivity contribution < 1.29 is 9.59 Å². The Morgan fingerprint density at radius 2 is 1.71 bits per heavy atom. The van der Waals surface area contributed by atoms with Gasteiger partial charge in [-0.2, -0.15) is 0 Å². The molecule has 2 N–H and O–H groups in total. The van der Waals surface area contributed by atoms with Crippen LogP contribution in [0.15, 0.2) is 0 Å². The average Bonchev–Trinajstić information content (AvgIpc) is 3.02. The number of rotatable bonds is 5. The second-order valence-electron chi connectivity index (χ2n) is 6.39. The van der Waals surface area contributed by atoms with Crippen LogP contribution in [0.2, 0.25) is 0 Å². The van der Waals surface area contributed by atoms with Crippen LogP contribution in [0.5, 0.6) is 0 Å². The molecule has 6 nitrogen and oxygen atoms in total. The van der Waals surface area contributed by atoms with Crippen molar-refractivity contribution in [3.8, 4) is 0 Å². The van der Waals surface area contributed by atoms with E-state index in [0.29, 0.717) is 13.0 Å². The van der Waals surface area contributed by atoms with Gasteiger partial charge >= 0.3 is 0 Å². The molecule has 0 aromatic heterocycles. The molecule has 0 aromatic carbocycles. The minimum atomic E-state index is -0.515. The van der Waals surface area contributed by atoms with E-state index in [0.717, 1.165) is 52.1 Å². The summed E-state index contributed by atoms with van der Waals surface area (Å²) in [5.74, 6) is 0.173. The first-order valence-corrected chi connectivity index (χ1v) is 8.03. The van der Waals surface area contributed by atoms with Crippen molar-refractivity contribution in [3.63, 3.8) is 0 Å². The zero-order valence-electron chi connectivity index (χ0n) is 13.3. The number of hydrogen-bond donors (Lipinski definition) is 2. The van der Waals surface area contributed by atoms with Crippen molar-refractivity contribution in [1.29, 1.82) is 0 Å². The number of carbonyl (C=O) groups excluding carboxylic acids is 2. The smallest absolute Gasteiger partial charge is 0.239 e. The Hall–Kier alpha value is -1.14. The summed E-state index contributed by atoms with van der Waals surface area (Å²) in [5, 5.41) is 6.22. The van der Waals surface area contributed by atoms with E-state index >= 15 is 0 Å². The zero-order chi connectivity index (χ0) is 15.3. The first-order valence-electron chi connectivity index (χ1n) is 8.03. The summed E-state index contributed by atoms with van der Waals surface area (Å²) in [6, 6.07) is 0. The molecular formula is C15H28N4O2. The van der Waals surface area contributed by atoms with Crippen molar-refractivity contribution in [3.05, 3.63) is 0 Å². The molecule has 2 saturated heterocycles. The van der Waals surface area contributed by atoms with Crippen molar-refractivity contribution >= 4 is 11.8 Å². The highest BCUT2D eigenvalue weighted by molar-refractivity contribution is 5.86. The highest BCUT2D eigenvalue weighted by Gasteiger charge is 2.34. The van der Waals surface area contributed by atoms with E-state index in [-0.39, 0.29) is 11.8 Å². The fraction of sp³-hybridized carbons (Fsp3) is 0.867. The molecule has 2 heterocycles. The molecule has 0 aliphatic carbocycles. The normalized spacial score (nSPS) is 20.6. The maximum absolute atomic E-state index is 12.4. The SMILES string of the molecule is CC(C)(C(=O)NCCC(=O)N1CCCC1)N1CCNCC1. The molecule has 0 unspecified atom stereocenters. The maximum atomic E-state index is 12.4. The number of nitrogens with one attached hydrogen (secondary N) is 2. The molecule has 0 bridgehead atoms. The highest BCUT2D eigenvalue weighted by Crippen LogP contribution is 2.15. The molecule has 6 heteroatoms. The molecule has 120 valence electrons. The van der Waals surface area contributed by atoms with Crippen LogP contribution in [0.25, 0.3) is 0 Å². The quantitative estimate of drug-likeness (QED) is 0.737.